The molecule has 4 aromatic rings. The van der Waals surface area contributed by atoms with Crippen LogP contribution in [0.4, 0.5) is 29.3 Å². The predicted octanol–water partition coefficient (Wildman–Crippen LogP) is 8.97. The monoisotopic (exact) mass is 765 g/mol. The highest BCUT2D eigenvalue weighted by Crippen LogP contribution is 2.48. The van der Waals surface area contributed by atoms with Crippen LogP contribution in [-0.2, 0) is 21.8 Å². The van der Waals surface area contributed by atoms with Gasteiger partial charge in [0.05, 0.1) is 23.3 Å². The number of benzene rings is 3. The Hall–Kier alpha value is -5.63. The van der Waals surface area contributed by atoms with E-state index in [1.54, 1.807) is 0 Å². The molecular weight excluding hydrogens is 727 g/mol. The molecule has 3 aromatic carbocycles. The van der Waals surface area contributed by atoms with Gasteiger partial charge in [0.15, 0.2) is 5.78 Å². The average Bonchev–Trinajstić information content (AvgIpc) is 3.12. The van der Waals surface area contributed by atoms with E-state index in [0.29, 0.717) is 22.7 Å². The summed E-state index contributed by atoms with van der Waals surface area (Å²) >= 11 is 5.63. The van der Waals surface area contributed by atoms with Crippen molar-refractivity contribution in [1.82, 2.24) is 15.8 Å². The third-order valence-electron chi connectivity index (χ3n) is 9.21. The normalized spacial score (nSPS) is 14.2. The Balaban J connectivity index is 1.12. The lowest BCUT2D eigenvalue weighted by molar-refractivity contribution is -0.137. The van der Waals surface area contributed by atoms with E-state index in [4.69, 9.17) is 21.1 Å². The number of hydrogen-bond donors (Lipinski definition) is 4. The van der Waals surface area contributed by atoms with Crippen LogP contribution >= 0.6 is 11.6 Å². The summed E-state index contributed by atoms with van der Waals surface area (Å²) in [7, 11) is 1.52. The number of ketones is 1. The van der Waals surface area contributed by atoms with Crippen LogP contribution < -0.4 is 31.0 Å². The number of ether oxygens (including phenoxy) is 2. The molecule has 11 nitrogen and oxygen atoms in total. The van der Waals surface area contributed by atoms with E-state index in [1.807, 2.05) is 12.1 Å². The lowest BCUT2D eigenvalue weighted by atomic mass is 9.62. The first kappa shape index (κ1) is 39.6. The quantitative estimate of drug-likeness (QED) is 0.0931. The predicted molar refractivity (Wildman–Crippen MR) is 197 cm³/mol. The summed E-state index contributed by atoms with van der Waals surface area (Å²) in [5.41, 5.74) is 6.13. The van der Waals surface area contributed by atoms with E-state index in [2.05, 4.69) is 54.2 Å². The molecule has 0 unspecified atom stereocenters. The first-order chi connectivity index (χ1) is 25.4. The summed E-state index contributed by atoms with van der Waals surface area (Å²) in [4.78, 5) is 55.1. The molecule has 1 aromatic heterocycles. The van der Waals surface area contributed by atoms with Crippen molar-refractivity contribution >= 4 is 46.6 Å². The second kappa shape index (κ2) is 15.8. The minimum absolute atomic E-state index is 0.0650. The molecule has 1 aliphatic rings. The van der Waals surface area contributed by atoms with Crippen LogP contribution in [0.15, 0.2) is 72.9 Å². The van der Waals surface area contributed by atoms with E-state index in [-0.39, 0.29) is 46.6 Å². The standard InChI is InChI=1S/C39H39ClF3N5O6/c1-37(2)15-16-38(3,4)28-21-33(53-5)26(20-27(28)37)32(49)12-13-34(50)47-48-35(51)31-19-25(14-17-44-31)54-24-9-6-22(7-10-24)45-36(52)46-23-8-11-30(40)29(18-23)39(41,42)43/h6-11,14,17-21H,12-13,15-16H2,1-5H3,(H,47,50)(H,48,51)(H2,45,46,52). The number of rotatable bonds is 10. The molecule has 0 spiro atoms. The highest BCUT2D eigenvalue weighted by atomic mass is 35.5. The SMILES string of the molecule is COc1cc2c(cc1C(=O)CCC(=O)NNC(=O)c1cc(Oc3ccc(NC(=O)Nc4ccc(Cl)c(C(F)(F)F)c4)cc3)ccn1)C(C)(C)CCC2(C)C. The minimum Gasteiger partial charge on any atom is -0.496 e. The maximum atomic E-state index is 13.3. The second-order valence-corrected chi connectivity index (χ2v) is 14.5. The smallest absolute Gasteiger partial charge is 0.417 e. The van der Waals surface area contributed by atoms with Crippen molar-refractivity contribution in [3.63, 3.8) is 0 Å². The number of pyridine rings is 1. The molecule has 4 amide bonds. The molecule has 284 valence electrons. The molecule has 0 radical (unpaired) electrons. The summed E-state index contributed by atoms with van der Waals surface area (Å²) in [5.74, 6) is -0.537. The number of alkyl halides is 3. The summed E-state index contributed by atoms with van der Waals surface area (Å²) < 4.78 is 50.8. The zero-order valence-corrected chi connectivity index (χ0v) is 30.9. The fourth-order valence-electron chi connectivity index (χ4n) is 6.05. The molecule has 1 heterocycles. The number of halogens is 4. The average molecular weight is 766 g/mol. The first-order valence-corrected chi connectivity index (χ1v) is 17.3. The zero-order valence-electron chi connectivity index (χ0n) is 30.2. The number of hydrazine groups is 1. The van der Waals surface area contributed by atoms with Gasteiger partial charge in [0.25, 0.3) is 5.91 Å². The van der Waals surface area contributed by atoms with Gasteiger partial charge in [-0.2, -0.15) is 13.2 Å². The van der Waals surface area contributed by atoms with Gasteiger partial charge in [-0.1, -0.05) is 39.3 Å². The number of anilines is 2. The van der Waals surface area contributed by atoms with Crippen LogP contribution in [0.25, 0.3) is 0 Å². The Morgan fingerprint density at radius 2 is 1.43 bits per heavy atom. The van der Waals surface area contributed by atoms with Crippen molar-refractivity contribution in [1.29, 1.82) is 0 Å². The van der Waals surface area contributed by atoms with Crippen molar-refractivity contribution in [2.45, 2.75) is 70.4 Å². The van der Waals surface area contributed by atoms with Gasteiger partial charge in [0.2, 0.25) is 5.91 Å². The second-order valence-electron chi connectivity index (χ2n) is 14.1. The van der Waals surface area contributed by atoms with Gasteiger partial charge < -0.3 is 20.1 Å². The van der Waals surface area contributed by atoms with Gasteiger partial charge >= 0.3 is 12.2 Å². The van der Waals surface area contributed by atoms with Gasteiger partial charge in [-0.3, -0.25) is 30.2 Å². The van der Waals surface area contributed by atoms with Crippen LogP contribution in [0.5, 0.6) is 17.2 Å². The van der Waals surface area contributed by atoms with E-state index >= 15 is 0 Å². The van der Waals surface area contributed by atoms with E-state index < -0.39 is 34.6 Å². The number of fused-ring (bicyclic) bond motifs is 1. The third-order valence-corrected chi connectivity index (χ3v) is 9.54. The van der Waals surface area contributed by atoms with Gasteiger partial charge in [-0.15, -0.1) is 0 Å². The molecule has 0 aliphatic heterocycles. The van der Waals surface area contributed by atoms with Crippen molar-refractivity contribution in [3.05, 3.63) is 106 Å². The van der Waals surface area contributed by atoms with Crippen LogP contribution in [0.3, 0.4) is 0 Å². The summed E-state index contributed by atoms with van der Waals surface area (Å²) in [5, 5.41) is 4.34. The number of Topliss-reactive ketones (excluding diaryl/α,β-unsaturated/α-hetero) is 1. The Morgan fingerprint density at radius 3 is 2.07 bits per heavy atom. The minimum atomic E-state index is -4.69. The Morgan fingerprint density at radius 1 is 0.796 bits per heavy atom. The molecule has 54 heavy (non-hydrogen) atoms. The molecule has 4 N–H and O–H groups in total. The lowest BCUT2D eigenvalue weighted by Gasteiger charge is -2.42. The van der Waals surface area contributed by atoms with E-state index in [0.717, 1.165) is 36.1 Å². The number of hydrogen-bond acceptors (Lipinski definition) is 7. The number of amides is 4. The van der Waals surface area contributed by atoms with Gasteiger partial charge in [0.1, 0.15) is 22.9 Å². The molecule has 15 heteroatoms. The number of urea groups is 1. The molecular formula is C39H39ClF3N5O6. The number of aromatic nitrogens is 1. The van der Waals surface area contributed by atoms with Crippen molar-refractivity contribution in [2.75, 3.05) is 17.7 Å². The number of nitrogens with one attached hydrogen (secondary N) is 4. The molecule has 1 aliphatic carbocycles. The fourth-order valence-corrected chi connectivity index (χ4v) is 6.28. The van der Waals surface area contributed by atoms with Gasteiger partial charge in [0, 0.05) is 36.5 Å². The molecule has 0 bridgehead atoms. The molecule has 0 saturated heterocycles. The fraction of sp³-hybridized carbons (Fsp3) is 0.308. The number of nitrogens with zero attached hydrogens (tertiary/aromatic N) is 1. The first-order valence-electron chi connectivity index (χ1n) is 16.9. The van der Waals surface area contributed by atoms with Gasteiger partial charge in [-0.25, -0.2) is 4.79 Å². The van der Waals surface area contributed by atoms with Crippen molar-refractivity contribution in [3.8, 4) is 17.2 Å². The van der Waals surface area contributed by atoms with Crippen molar-refractivity contribution < 1.29 is 41.8 Å². The van der Waals surface area contributed by atoms with Gasteiger partial charge in [-0.05, 0) is 95.5 Å². The lowest BCUT2D eigenvalue weighted by Crippen LogP contribution is -2.42. The molecule has 0 saturated carbocycles. The summed E-state index contributed by atoms with van der Waals surface area (Å²) in [6.07, 6.45) is -1.66. The van der Waals surface area contributed by atoms with Crippen LogP contribution in [0, 0.1) is 0 Å². The van der Waals surface area contributed by atoms with E-state index in [9.17, 15) is 32.3 Å². The number of methoxy groups -OCH3 is 1. The van der Waals surface area contributed by atoms with Crippen LogP contribution in [0.1, 0.15) is 90.9 Å². The largest absolute Gasteiger partial charge is 0.496 e. The maximum Gasteiger partial charge on any atom is 0.417 e. The van der Waals surface area contributed by atoms with Crippen molar-refractivity contribution in [2.24, 2.45) is 0 Å². The maximum absolute atomic E-state index is 13.3. The summed E-state index contributed by atoms with van der Waals surface area (Å²) in [6, 6.07) is 14.9. The zero-order chi connectivity index (χ0) is 39.4. The summed E-state index contributed by atoms with van der Waals surface area (Å²) in [6.45, 7) is 8.68. The Labute approximate surface area is 314 Å². The highest BCUT2D eigenvalue weighted by molar-refractivity contribution is 6.31. The molecule has 0 atom stereocenters. The Bertz CT molecular complexity index is 2090. The van der Waals surface area contributed by atoms with Crippen LogP contribution in [-0.4, -0.2) is 35.7 Å². The van der Waals surface area contributed by atoms with E-state index in [1.165, 1.54) is 55.8 Å². The number of carbonyl (C=O) groups excluding carboxylic acids is 4. The molecule has 0 fully saturated rings. The third kappa shape index (κ3) is 9.47. The molecule has 5 rings (SSSR count). The number of carbonyl (C=O) groups is 4. The Kier molecular flexibility index (Phi) is 11.6. The topological polar surface area (TPSA) is 148 Å². The highest BCUT2D eigenvalue weighted by Gasteiger charge is 2.38. The van der Waals surface area contributed by atoms with Crippen LogP contribution in [0.2, 0.25) is 5.02 Å².